The molecule has 0 bridgehead atoms. The van der Waals surface area contributed by atoms with Crippen molar-refractivity contribution in [2.45, 2.75) is 107 Å². The first-order valence-corrected chi connectivity index (χ1v) is 19.1. The summed E-state index contributed by atoms with van der Waals surface area (Å²) in [5, 5.41) is 12.1. The third-order valence-corrected chi connectivity index (χ3v) is 9.76. The van der Waals surface area contributed by atoms with E-state index in [2.05, 4.69) is 131 Å². The van der Waals surface area contributed by atoms with Crippen molar-refractivity contribution in [1.29, 1.82) is 0 Å². The van der Waals surface area contributed by atoms with Crippen LogP contribution in [0.25, 0.3) is 44.5 Å². The number of carbonyl (C=O) groups excluding carboxylic acids is 1. The van der Waals surface area contributed by atoms with Crippen molar-refractivity contribution in [1.82, 2.24) is 9.97 Å². The number of rotatable bonds is 11. The fraction of sp³-hybridized carbons (Fsp3) is 0.396. The number of nitrogens with zero attached hydrogens (tertiary/aromatic N) is 2. The second kappa shape index (κ2) is 19.4. The van der Waals surface area contributed by atoms with Gasteiger partial charge in [0, 0.05) is 44.2 Å². The minimum absolute atomic E-state index is 0. The van der Waals surface area contributed by atoms with Crippen molar-refractivity contribution in [2.24, 2.45) is 17.3 Å². The number of aromatic nitrogens is 2. The van der Waals surface area contributed by atoms with Crippen LogP contribution in [-0.2, 0) is 36.7 Å². The molecule has 1 aromatic heterocycles. The third-order valence-electron chi connectivity index (χ3n) is 9.76. The van der Waals surface area contributed by atoms with Crippen LogP contribution in [0, 0.1) is 23.3 Å². The molecule has 283 valence electrons. The Morgan fingerprint density at radius 1 is 0.755 bits per heavy atom. The first kappa shape index (κ1) is 43.5. The fourth-order valence-corrected chi connectivity index (χ4v) is 6.66. The van der Waals surface area contributed by atoms with Gasteiger partial charge in [-0.3, -0.25) is 14.8 Å². The molecule has 4 nitrogen and oxygen atoms in total. The predicted molar refractivity (Wildman–Crippen MR) is 220 cm³/mol. The van der Waals surface area contributed by atoms with Gasteiger partial charge in [-0.25, -0.2) is 0 Å². The Hall–Kier alpha value is -3.92. The molecule has 0 amide bonds. The Balaban J connectivity index is 0.000000403. The topological polar surface area (TPSA) is 63.1 Å². The Bertz CT molecular complexity index is 1940. The molecule has 0 saturated carbocycles. The molecule has 0 spiro atoms. The summed E-state index contributed by atoms with van der Waals surface area (Å²) in [6.07, 6.45) is 7.83. The van der Waals surface area contributed by atoms with Crippen molar-refractivity contribution >= 4 is 16.6 Å². The summed E-state index contributed by atoms with van der Waals surface area (Å²) < 4.78 is 0. The van der Waals surface area contributed by atoms with E-state index in [1.54, 1.807) is 0 Å². The van der Waals surface area contributed by atoms with E-state index in [0.717, 1.165) is 54.3 Å². The number of ketones is 1. The second-order valence-corrected chi connectivity index (χ2v) is 16.2. The quantitative estimate of drug-likeness (QED) is 0.0815. The zero-order valence-electron chi connectivity index (χ0n) is 33.5. The standard InChI is InChI=1S/C35H35N2.C13H24O2.Ir/c1-34(2,3)23-24-11-13-25(14-12-24)26-15-17-27(18-16-26)32-19-20-36-33(37-32)29-21-28-9-7-8-10-30(28)31(22-29)35(4,5)6;1-5-10(6-2)12(14)9-13(15)11(7-3)8-4;/h7-20,22H,23H2,1-6H3;9-11,14H,5-8H2,1-4H3;/q-1;;/b;12-9-;. The van der Waals surface area contributed by atoms with E-state index in [1.807, 2.05) is 40.0 Å². The van der Waals surface area contributed by atoms with Gasteiger partial charge in [-0.2, -0.15) is 0 Å². The number of carbonyl (C=O) groups is 1. The van der Waals surface area contributed by atoms with E-state index in [-0.39, 0.29) is 48.9 Å². The van der Waals surface area contributed by atoms with Crippen molar-refractivity contribution in [3.63, 3.8) is 0 Å². The molecular weight excluding hydrogens is 829 g/mol. The first-order valence-electron chi connectivity index (χ1n) is 19.1. The number of benzene rings is 4. The number of allylic oxidation sites excluding steroid dienone is 2. The Kier molecular flexibility index (Phi) is 15.9. The molecule has 0 saturated heterocycles. The van der Waals surface area contributed by atoms with Gasteiger partial charge in [0.05, 0.1) is 17.3 Å². The van der Waals surface area contributed by atoms with Crippen LogP contribution in [0.4, 0.5) is 0 Å². The fourth-order valence-electron chi connectivity index (χ4n) is 6.66. The summed E-state index contributed by atoms with van der Waals surface area (Å²) in [7, 11) is 0. The zero-order valence-corrected chi connectivity index (χ0v) is 35.9. The third kappa shape index (κ3) is 12.0. The average molecular weight is 888 g/mol. The van der Waals surface area contributed by atoms with E-state index in [9.17, 15) is 9.90 Å². The molecule has 0 aliphatic rings. The zero-order chi connectivity index (χ0) is 38.1. The summed E-state index contributed by atoms with van der Waals surface area (Å²) in [6.45, 7) is 21.6. The predicted octanol–water partition coefficient (Wildman–Crippen LogP) is 13.2. The Morgan fingerprint density at radius 3 is 1.85 bits per heavy atom. The van der Waals surface area contributed by atoms with E-state index < -0.39 is 0 Å². The van der Waals surface area contributed by atoms with Gasteiger partial charge in [0.1, 0.15) is 0 Å². The maximum absolute atomic E-state index is 11.7. The molecule has 4 aromatic carbocycles. The molecule has 5 heteroatoms. The first-order chi connectivity index (χ1) is 24.7. The summed E-state index contributed by atoms with van der Waals surface area (Å²) in [5.74, 6) is 1.25. The maximum Gasteiger partial charge on any atom is 0.162 e. The van der Waals surface area contributed by atoms with E-state index in [1.165, 1.54) is 33.7 Å². The monoisotopic (exact) mass is 888 g/mol. The molecule has 1 heterocycles. The Labute approximate surface area is 333 Å². The smallest absolute Gasteiger partial charge is 0.162 e. The van der Waals surface area contributed by atoms with Gasteiger partial charge in [-0.05, 0) is 71.3 Å². The molecule has 53 heavy (non-hydrogen) atoms. The van der Waals surface area contributed by atoms with Crippen LogP contribution in [0.1, 0.15) is 106 Å². The van der Waals surface area contributed by atoms with Crippen LogP contribution in [-0.4, -0.2) is 20.9 Å². The average Bonchev–Trinajstić information content (AvgIpc) is 3.12. The molecule has 0 aliphatic carbocycles. The van der Waals surface area contributed by atoms with Gasteiger partial charge in [0.2, 0.25) is 0 Å². The van der Waals surface area contributed by atoms with Gasteiger partial charge in [0.25, 0.3) is 0 Å². The van der Waals surface area contributed by atoms with E-state index in [4.69, 9.17) is 4.98 Å². The number of aliphatic hydroxyl groups excluding tert-OH is 1. The van der Waals surface area contributed by atoms with E-state index in [0.29, 0.717) is 11.2 Å². The number of hydrogen-bond acceptors (Lipinski definition) is 4. The number of hydrogen-bond donors (Lipinski definition) is 1. The molecule has 5 aromatic rings. The van der Waals surface area contributed by atoms with Crippen LogP contribution >= 0.6 is 0 Å². The number of fused-ring (bicyclic) bond motifs is 1. The second-order valence-electron chi connectivity index (χ2n) is 16.2. The number of aliphatic hydroxyl groups is 1. The van der Waals surface area contributed by atoms with Crippen molar-refractivity contribution in [2.75, 3.05) is 0 Å². The van der Waals surface area contributed by atoms with Gasteiger partial charge in [0.15, 0.2) is 5.78 Å². The SMILES string of the molecule is CC(C)(C)Cc1ccc(-c2ccc(-c3ccnc(-c4[c-]c5ccccc5c(C(C)(C)C)c4)n3)cc2)cc1.CCC(CC)C(=O)/C=C(\O)C(CC)CC.[Ir]. The molecule has 5 rings (SSSR count). The van der Waals surface area contributed by atoms with Crippen LogP contribution in [0.3, 0.4) is 0 Å². The minimum Gasteiger partial charge on any atom is -0.512 e. The summed E-state index contributed by atoms with van der Waals surface area (Å²) >= 11 is 0. The maximum atomic E-state index is 11.7. The van der Waals surface area contributed by atoms with Gasteiger partial charge >= 0.3 is 0 Å². The summed E-state index contributed by atoms with van der Waals surface area (Å²) in [6, 6.07) is 33.8. The molecule has 0 aliphatic heterocycles. The van der Waals surface area contributed by atoms with Crippen molar-refractivity contribution in [3.8, 4) is 33.8 Å². The molecular formula is C48H59IrN2O2-. The van der Waals surface area contributed by atoms with Crippen molar-refractivity contribution in [3.05, 3.63) is 120 Å². The van der Waals surface area contributed by atoms with Gasteiger partial charge in [-0.1, -0.05) is 147 Å². The van der Waals surface area contributed by atoms with Crippen LogP contribution in [0.2, 0.25) is 0 Å². The largest absolute Gasteiger partial charge is 0.512 e. The molecule has 0 unspecified atom stereocenters. The molecule has 0 atom stereocenters. The van der Waals surface area contributed by atoms with Crippen molar-refractivity contribution < 1.29 is 30.0 Å². The molecule has 1 N–H and O–H groups in total. The molecule has 0 fully saturated rings. The normalized spacial score (nSPS) is 12.0. The molecule has 1 radical (unpaired) electrons. The van der Waals surface area contributed by atoms with Crippen LogP contribution < -0.4 is 0 Å². The minimum atomic E-state index is 0. The van der Waals surface area contributed by atoms with Crippen LogP contribution in [0.5, 0.6) is 0 Å². The van der Waals surface area contributed by atoms with Crippen LogP contribution in [0.15, 0.2) is 103 Å². The van der Waals surface area contributed by atoms with Gasteiger partial charge in [-0.15, -0.1) is 29.1 Å². The van der Waals surface area contributed by atoms with Gasteiger partial charge < -0.3 is 5.11 Å². The van der Waals surface area contributed by atoms with E-state index >= 15 is 0 Å². The Morgan fingerprint density at radius 2 is 1.30 bits per heavy atom. The summed E-state index contributed by atoms with van der Waals surface area (Å²) in [5.41, 5.74) is 8.30. The summed E-state index contributed by atoms with van der Waals surface area (Å²) in [4.78, 5) is 21.3.